The smallest absolute Gasteiger partial charge is 0.336 e. The topological polar surface area (TPSA) is 93.3 Å². The predicted molar refractivity (Wildman–Crippen MR) is 113 cm³/mol. The maximum absolute atomic E-state index is 13.2. The SMILES string of the molecule is COCC1=C(C(=O)OC)C(c2ccccc2)c2c(nc(-c3ccccc3)[nH]c2=O)N1. The van der Waals surface area contributed by atoms with Crippen LogP contribution in [0.4, 0.5) is 5.82 Å². The lowest BCUT2D eigenvalue weighted by Crippen LogP contribution is -2.32. The fourth-order valence-corrected chi connectivity index (χ4v) is 3.70. The van der Waals surface area contributed by atoms with Gasteiger partial charge in [0.25, 0.3) is 5.56 Å². The molecule has 0 saturated heterocycles. The number of carbonyl (C=O) groups is 1. The molecule has 3 aromatic rings. The monoisotopic (exact) mass is 403 g/mol. The van der Waals surface area contributed by atoms with Gasteiger partial charge in [-0.05, 0) is 5.56 Å². The Kier molecular flexibility index (Phi) is 5.45. The number of H-pyrrole nitrogens is 1. The number of carbonyl (C=O) groups excluding carboxylic acids is 1. The molecule has 0 saturated carbocycles. The van der Waals surface area contributed by atoms with Crippen molar-refractivity contribution in [1.29, 1.82) is 0 Å². The van der Waals surface area contributed by atoms with Crippen LogP contribution >= 0.6 is 0 Å². The van der Waals surface area contributed by atoms with Crippen LogP contribution in [-0.4, -0.2) is 36.8 Å². The van der Waals surface area contributed by atoms with E-state index in [0.29, 0.717) is 28.5 Å². The van der Waals surface area contributed by atoms with Gasteiger partial charge in [-0.3, -0.25) is 4.79 Å². The fraction of sp³-hybridized carbons (Fsp3) is 0.174. The highest BCUT2D eigenvalue weighted by Crippen LogP contribution is 2.40. The number of anilines is 1. The molecule has 0 fully saturated rings. The maximum Gasteiger partial charge on any atom is 0.336 e. The highest BCUT2D eigenvalue weighted by atomic mass is 16.5. The first-order chi connectivity index (χ1) is 14.6. The minimum absolute atomic E-state index is 0.141. The van der Waals surface area contributed by atoms with Gasteiger partial charge in [-0.25, -0.2) is 9.78 Å². The number of aromatic nitrogens is 2. The lowest BCUT2D eigenvalue weighted by Gasteiger charge is -2.29. The number of fused-ring (bicyclic) bond motifs is 1. The predicted octanol–water partition coefficient (Wildman–Crippen LogP) is 3.07. The van der Waals surface area contributed by atoms with Crippen molar-refractivity contribution in [2.45, 2.75) is 5.92 Å². The standard InChI is InChI=1S/C23H21N3O4/c1-29-13-16-18(23(28)30-2)17(14-9-5-3-6-10-14)19-21(24-16)25-20(26-22(19)27)15-11-7-4-8-12-15/h3-12,17H,13H2,1-2H3,(H2,24,25,26,27). The quantitative estimate of drug-likeness (QED) is 0.636. The first-order valence-electron chi connectivity index (χ1n) is 9.46. The number of methoxy groups -OCH3 is 2. The Morgan fingerprint density at radius 3 is 2.33 bits per heavy atom. The summed E-state index contributed by atoms with van der Waals surface area (Å²) in [6, 6.07) is 18.7. The summed E-state index contributed by atoms with van der Waals surface area (Å²) in [5.74, 6) is -0.329. The van der Waals surface area contributed by atoms with Crippen molar-refractivity contribution in [2.24, 2.45) is 0 Å². The van der Waals surface area contributed by atoms with Crippen LogP contribution in [0.2, 0.25) is 0 Å². The van der Waals surface area contributed by atoms with Crippen LogP contribution < -0.4 is 10.9 Å². The van der Waals surface area contributed by atoms with Crippen LogP contribution in [0.5, 0.6) is 0 Å². The maximum atomic E-state index is 13.2. The minimum Gasteiger partial charge on any atom is -0.466 e. The lowest BCUT2D eigenvalue weighted by atomic mass is 9.82. The lowest BCUT2D eigenvalue weighted by molar-refractivity contribution is -0.136. The zero-order chi connectivity index (χ0) is 21.1. The van der Waals surface area contributed by atoms with Crippen LogP contribution in [0, 0.1) is 0 Å². The summed E-state index contributed by atoms with van der Waals surface area (Å²) in [5.41, 5.74) is 2.46. The Balaban J connectivity index is 1.97. The molecular weight excluding hydrogens is 382 g/mol. The van der Waals surface area contributed by atoms with Crippen molar-refractivity contribution >= 4 is 11.8 Å². The summed E-state index contributed by atoms with van der Waals surface area (Å²) in [4.78, 5) is 33.5. The highest BCUT2D eigenvalue weighted by molar-refractivity contribution is 5.94. The number of hydrogen-bond acceptors (Lipinski definition) is 6. The average Bonchev–Trinajstić information content (AvgIpc) is 2.79. The van der Waals surface area contributed by atoms with E-state index in [1.54, 1.807) is 0 Å². The molecule has 4 rings (SSSR count). The van der Waals surface area contributed by atoms with Crippen molar-refractivity contribution in [1.82, 2.24) is 9.97 Å². The van der Waals surface area contributed by atoms with Crippen LogP contribution in [0.3, 0.4) is 0 Å². The van der Waals surface area contributed by atoms with Crippen LogP contribution in [0.25, 0.3) is 11.4 Å². The van der Waals surface area contributed by atoms with Gasteiger partial charge in [0.2, 0.25) is 0 Å². The van der Waals surface area contributed by atoms with E-state index in [1.807, 2.05) is 60.7 Å². The van der Waals surface area contributed by atoms with Gasteiger partial charge in [-0.1, -0.05) is 60.7 Å². The van der Waals surface area contributed by atoms with E-state index in [9.17, 15) is 9.59 Å². The molecule has 1 aromatic heterocycles. The first kappa shape index (κ1) is 19.6. The summed E-state index contributed by atoms with van der Waals surface area (Å²) >= 11 is 0. The Labute approximate surface area is 173 Å². The fourth-order valence-electron chi connectivity index (χ4n) is 3.70. The zero-order valence-corrected chi connectivity index (χ0v) is 16.6. The molecular formula is C23H21N3O4. The number of esters is 1. The third kappa shape index (κ3) is 3.51. The number of nitrogens with one attached hydrogen (secondary N) is 2. The Morgan fingerprint density at radius 2 is 1.70 bits per heavy atom. The van der Waals surface area contributed by atoms with Crippen molar-refractivity contribution in [3.05, 3.63) is 93.4 Å². The number of aromatic amines is 1. The van der Waals surface area contributed by atoms with E-state index in [0.717, 1.165) is 11.1 Å². The van der Waals surface area contributed by atoms with Gasteiger partial charge in [0.1, 0.15) is 11.6 Å². The number of hydrogen-bond donors (Lipinski definition) is 2. The molecule has 1 aliphatic rings. The molecule has 30 heavy (non-hydrogen) atoms. The van der Waals surface area contributed by atoms with Crippen molar-refractivity contribution in [3.63, 3.8) is 0 Å². The Bertz CT molecular complexity index is 1150. The van der Waals surface area contributed by atoms with Gasteiger partial charge in [0, 0.05) is 12.7 Å². The number of nitrogens with zero attached hydrogens (tertiary/aromatic N) is 1. The molecule has 2 N–H and O–H groups in total. The Morgan fingerprint density at radius 1 is 1.03 bits per heavy atom. The van der Waals surface area contributed by atoms with E-state index in [1.165, 1.54) is 14.2 Å². The summed E-state index contributed by atoms with van der Waals surface area (Å²) in [6.45, 7) is 0.141. The second kappa shape index (κ2) is 8.34. The molecule has 1 aliphatic heterocycles. The molecule has 152 valence electrons. The first-order valence-corrected chi connectivity index (χ1v) is 9.46. The second-order valence-corrected chi connectivity index (χ2v) is 6.83. The largest absolute Gasteiger partial charge is 0.466 e. The minimum atomic E-state index is -0.638. The molecule has 2 heterocycles. The number of rotatable bonds is 5. The van der Waals surface area contributed by atoms with E-state index in [4.69, 9.17) is 9.47 Å². The Hall–Kier alpha value is -3.71. The summed E-state index contributed by atoms with van der Waals surface area (Å²) < 4.78 is 10.3. The van der Waals surface area contributed by atoms with E-state index in [-0.39, 0.29) is 12.2 Å². The van der Waals surface area contributed by atoms with Crippen molar-refractivity contribution < 1.29 is 14.3 Å². The zero-order valence-electron chi connectivity index (χ0n) is 16.6. The van der Waals surface area contributed by atoms with Gasteiger partial charge in [0.15, 0.2) is 0 Å². The van der Waals surface area contributed by atoms with E-state index >= 15 is 0 Å². The normalized spacial score (nSPS) is 15.3. The van der Waals surface area contributed by atoms with Gasteiger partial charge < -0.3 is 19.8 Å². The van der Waals surface area contributed by atoms with Gasteiger partial charge >= 0.3 is 5.97 Å². The molecule has 0 amide bonds. The van der Waals surface area contributed by atoms with Gasteiger partial charge in [-0.2, -0.15) is 0 Å². The van der Waals surface area contributed by atoms with Gasteiger partial charge in [0.05, 0.1) is 36.5 Å². The summed E-state index contributed by atoms with van der Waals surface area (Å²) in [7, 11) is 2.86. The van der Waals surface area contributed by atoms with E-state index < -0.39 is 11.9 Å². The number of ether oxygens (including phenoxy) is 2. The van der Waals surface area contributed by atoms with E-state index in [2.05, 4.69) is 15.3 Å². The summed E-state index contributed by atoms with van der Waals surface area (Å²) in [5, 5.41) is 3.14. The van der Waals surface area contributed by atoms with Crippen molar-refractivity contribution in [2.75, 3.05) is 26.1 Å². The van der Waals surface area contributed by atoms with Crippen LogP contribution in [0.15, 0.2) is 76.7 Å². The van der Waals surface area contributed by atoms with Gasteiger partial charge in [-0.15, -0.1) is 0 Å². The molecule has 0 radical (unpaired) electrons. The third-order valence-corrected chi connectivity index (χ3v) is 5.00. The highest BCUT2D eigenvalue weighted by Gasteiger charge is 2.37. The average molecular weight is 403 g/mol. The molecule has 0 spiro atoms. The third-order valence-electron chi connectivity index (χ3n) is 5.00. The summed E-state index contributed by atoms with van der Waals surface area (Å²) in [6.07, 6.45) is 0. The molecule has 0 bridgehead atoms. The molecule has 7 nitrogen and oxygen atoms in total. The second-order valence-electron chi connectivity index (χ2n) is 6.83. The molecule has 1 unspecified atom stereocenters. The van der Waals surface area contributed by atoms with Crippen LogP contribution in [-0.2, 0) is 14.3 Å². The number of benzene rings is 2. The van der Waals surface area contributed by atoms with Crippen molar-refractivity contribution in [3.8, 4) is 11.4 Å². The molecule has 7 heteroatoms. The molecule has 0 aliphatic carbocycles. The molecule has 1 atom stereocenters. The van der Waals surface area contributed by atoms with Crippen LogP contribution in [0.1, 0.15) is 17.0 Å². The molecule has 2 aromatic carbocycles.